The molecular formula is C16H33NO. The molecule has 1 N–H and O–H groups in total. The van der Waals surface area contributed by atoms with Gasteiger partial charge in [-0.3, -0.25) is 0 Å². The molecule has 0 saturated carbocycles. The smallest absolute Gasteiger partial charge is 0.0471 e. The SMILES string of the molecule is CCCCCCCC1(CNCCC)CCOCC1. The summed E-state index contributed by atoms with van der Waals surface area (Å²) in [5.41, 5.74) is 0.541. The van der Waals surface area contributed by atoms with Crippen molar-refractivity contribution in [2.24, 2.45) is 5.41 Å². The largest absolute Gasteiger partial charge is 0.381 e. The average molecular weight is 255 g/mol. The molecular weight excluding hydrogens is 222 g/mol. The molecule has 0 aromatic carbocycles. The van der Waals surface area contributed by atoms with Crippen LogP contribution in [0.3, 0.4) is 0 Å². The standard InChI is InChI=1S/C16H33NO/c1-3-5-6-7-8-9-16(15-17-12-4-2)10-13-18-14-11-16/h17H,3-15H2,1-2H3. The van der Waals surface area contributed by atoms with Crippen LogP contribution in [0, 0.1) is 5.41 Å². The van der Waals surface area contributed by atoms with Crippen molar-refractivity contribution in [2.45, 2.75) is 71.6 Å². The van der Waals surface area contributed by atoms with Crippen molar-refractivity contribution < 1.29 is 4.74 Å². The highest BCUT2D eigenvalue weighted by atomic mass is 16.5. The Kier molecular flexibility index (Phi) is 8.70. The molecule has 1 heterocycles. The second-order valence-electron chi connectivity index (χ2n) is 5.95. The highest BCUT2D eigenvalue weighted by Gasteiger charge is 2.31. The minimum Gasteiger partial charge on any atom is -0.381 e. The van der Waals surface area contributed by atoms with Gasteiger partial charge in [-0.2, -0.15) is 0 Å². The second kappa shape index (κ2) is 9.80. The molecule has 0 aliphatic carbocycles. The number of unbranched alkanes of at least 4 members (excludes halogenated alkanes) is 4. The van der Waals surface area contributed by atoms with Gasteiger partial charge < -0.3 is 10.1 Å². The van der Waals surface area contributed by atoms with Crippen molar-refractivity contribution >= 4 is 0 Å². The van der Waals surface area contributed by atoms with E-state index in [-0.39, 0.29) is 0 Å². The van der Waals surface area contributed by atoms with Crippen LogP contribution in [0.15, 0.2) is 0 Å². The minimum absolute atomic E-state index is 0.541. The Hall–Kier alpha value is -0.0800. The van der Waals surface area contributed by atoms with Gasteiger partial charge in [0.05, 0.1) is 0 Å². The lowest BCUT2D eigenvalue weighted by molar-refractivity contribution is 0.00923. The molecule has 0 atom stereocenters. The highest BCUT2D eigenvalue weighted by molar-refractivity contribution is 4.84. The Morgan fingerprint density at radius 1 is 0.944 bits per heavy atom. The van der Waals surface area contributed by atoms with Gasteiger partial charge in [0.15, 0.2) is 0 Å². The van der Waals surface area contributed by atoms with Crippen molar-refractivity contribution in [3.8, 4) is 0 Å². The molecule has 0 bridgehead atoms. The third-order valence-corrected chi connectivity index (χ3v) is 4.29. The third kappa shape index (κ3) is 6.19. The molecule has 0 radical (unpaired) electrons. The van der Waals surface area contributed by atoms with Crippen LogP contribution in [-0.2, 0) is 4.74 Å². The lowest BCUT2D eigenvalue weighted by Gasteiger charge is -2.37. The number of hydrogen-bond donors (Lipinski definition) is 1. The molecule has 0 aromatic heterocycles. The molecule has 108 valence electrons. The molecule has 2 nitrogen and oxygen atoms in total. The van der Waals surface area contributed by atoms with Gasteiger partial charge in [0.25, 0.3) is 0 Å². The van der Waals surface area contributed by atoms with E-state index in [9.17, 15) is 0 Å². The summed E-state index contributed by atoms with van der Waals surface area (Å²) in [6, 6.07) is 0. The lowest BCUT2D eigenvalue weighted by Crippen LogP contribution is -2.39. The quantitative estimate of drug-likeness (QED) is 0.592. The van der Waals surface area contributed by atoms with Crippen molar-refractivity contribution in [1.82, 2.24) is 5.32 Å². The van der Waals surface area contributed by atoms with Gasteiger partial charge in [0.1, 0.15) is 0 Å². The first-order chi connectivity index (χ1) is 8.83. The summed E-state index contributed by atoms with van der Waals surface area (Å²) in [6.45, 7) is 8.85. The van der Waals surface area contributed by atoms with Crippen LogP contribution in [-0.4, -0.2) is 26.3 Å². The zero-order valence-corrected chi connectivity index (χ0v) is 12.6. The second-order valence-corrected chi connectivity index (χ2v) is 5.95. The predicted molar refractivity (Wildman–Crippen MR) is 79.0 cm³/mol. The normalized spacial score (nSPS) is 19.0. The van der Waals surface area contributed by atoms with Gasteiger partial charge >= 0.3 is 0 Å². The molecule has 0 aromatic rings. The predicted octanol–water partition coefficient (Wildman–Crippen LogP) is 4.14. The van der Waals surface area contributed by atoms with Gasteiger partial charge in [-0.05, 0) is 37.6 Å². The first-order valence-corrected chi connectivity index (χ1v) is 8.11. The van der Waals surface area contributed by atoms with E-state index in [2.05, 4.69) is 19.2 Å². The fraction of sp³-hybridized carbons (Fsp3) is 1.00. The summed E-state index contributed by atoms with van der Waals surface area (Å²) in [7, 11) is 0. The maximum Gasteiger partial charge on any atom is 0.0471 e. The van der Waals surface area contributed by atoms with Crippen LogP contribution in [0.2, 0.25) is 0 Å². The van der Waals surface area contributed by atoms with Crippen LogP contribution in [0.5, 0.6) is 0 Å². The Morgan fingerprint density at radius 3 is 2.33 bits per heavy atom. The topological polar surface area (TPSA) is 21.3 Å². The summed E-state index contributed by atoms with van der Waals surface area (Å²) >= 11 is 0. The first kappa shape index (κ1) is 16.0. The maximum atomic E-state index is 5.55. The van der Waals surface area contributed by atoms with Gasteiger partial charge in [-0.15, -0.1) is 0 Å². The van der Waals surface area contributed by atoms with Crippen LogP contribution in [0.4, 0.5) is 0 Å². The lowest BCUT2D eigenvalue weighted by atomic mass is 9.75. The Bertz CT molecular complexity index is 188. The van der Waals surface area contributed by atoms with E-state index >= 15 is 0 Å². The molecule has 1 aliphatic rings. The molecule has 1 rings (SSSR count). The first-order valence-electron chi connectivity index (χ1n) is 8.11. The van der Waals surface area contributed by atoms with Crippen LogP contribution >= 0.6 is 0 Å². The number of hydrogen-bond acceptors (Lipinski definition) is 2. The molecule has 0 amide bonds. The molecule has 1 saturated heterocycles. The van der Waals surface area contributed by atoms with Crippen molar-refractivity contribution in [1.29, 1.82) is 0 Å². The number of rotatable bonds is 10. The van der Waals surface area contributed by atoms with Crippen molar-refractivity contribution in [3.63, 3.8) is 0 Å². The zero-order valence-electron chi connectivity index (χ0n) is 12.6. The average Bonchev–Trinajstić information content (AvgIpc) is 2.40. The van der Waals surface area contributed by atoms with E-state index in [1.54, 1.807) is 0 Å². The van der Waals surface area contributed by atoms with Gasteiger partial charge in [-0.25, -0.2) is 0 Å². The Morgan fingerprint density at radius 2 is 1.67 bits per heavy atom. The third-order valence-electron chi connectivity index (χ3n) is 4.29. The molecule has 0 spiro atoms. The summed E-state index contributed by atoms with van der Waals surface area (Å²) in [5, 5.41) is 3.64. The summed E-state index contributed by atoms with van der Waals surface area (Å²) in [4.78, 5) is 0. The summed E-state index contributed by atoms with van der Waals surface area (Å²) < 4.78 is 5.55. The maximum absolute atomic E-state index is 5.55. The van der Waals surface area contributed by atoms with E-state index in [0.29, 0.717) is 5.41 Å². The fourth-order valence-corrected chi connectivity index (χ4v) is 2.95. The van der Waals surface area contributed by atoms with Crippen molar-refractivity contribution in [3.05, 3.63) is 0 Å². The number of nitrogens with one attached hydrogen (secondary N) is 1. The Balaban J connectivity index is 2.25. The highest BCUT2D eigenvalue weighted by Crippen LogP contribution is 2.35. The van der Waals surface area contributed by atoms with Crippen molar-refractivity contribution in [2.75, 3.05) is 26.3 Å². The Labute approximate surface area is 114 Å². The molecule has 2 heteroatoms. The fourth-order valence-electron chi connectivity index (χ4n) is 2.95. The van der Waals surface area contributed by atoms with E-state index in [1.807, 2.05) is 0 Å². The van der Waals surface area contributed by atoms with Crippen LogP contribution in [0.25, 0.3) is 0 Å². The molecule has 1 aliphatic heterocycles. The van der Waals surface area contributed by atoms with Gasteiger partial charge in [0.2, 0.25) is 0 Å². The van der Waals surface area contributed by atoms with Crippen LogP contribution in [0.1, 0.15) is 71.6 Å². The summed E-state index contributed by atoms with van der Waals surface area (Å²) in [6.07, 6.45) is 12.2. The van der Waals surface area contributed by atoms with Gasteiger partial charge in [0, 0.05) is 19.8 Å². The molecule has 1 fully saturated rings. The van der Waals surface area contributed by atoms with E-state index in [1.165, 1.54) is 70.9 Å². The molecule has 18 heavy (non-hydrogen) atoms. The van der Waals surface area contributed by atoms with Crippen LogP contribution < -0.4 is 5.32 Å². The number of ether oxygens (including phenoxy) is 1. The van der Waals surface area contributed by atoms with E-state index < -0.39 is 0 Å². The zero-order chi connectivity index (χ0) is 13.1. The molecule has 0 unspecified atom stereocenters. The van der Waals surface area contributed by atoms with E-state index in [4.69, 9.17) is 4.74 Å². The van der Waals surface area contributed by atoms with E-state index in [0.717, 1.165) is 13.2 Å². The van der Waals surface area contributed by atoms with Gasteiger partial charge in [-0.1, -0.05) is 46.0 Å². The summed E-state index contributed by atoms with van der Waals surface area (Å²) in [5.74, 6) is 0. The monoisotopic (exact) mass is 255 g/mol. The minimum atomic E-state index is 0.541.